The van der Waals surface area contributed by atoms with Gasteiger partial charge in [-0.15, -0.1) is 0 Å². The molecule has 2 rings (SSSR count). The Morgan fingerprint density at radius 1 is 1.19 bits per heavy atom. The van der Waals surface area contributed by atoms with Gasteiger partial charge in [-0.05, 0) is 52.7 Å². The summed E-state index contributed by atoms with van der Waals surface area (Å²) in [5.74, 6) is -0.0917. The van der Waals surface area contributed by atoms with E-state index < -0.39 is 0 Å². The molecule has 0 aliphatic rings. The van der Waals surface area contributed by atoms with Crippen LogP contribution >= 0.6 is 39.1 Å². The molecule has 2 aromatic carbocycles. The molecule has 0 aromatic heterocycles. The standard InChI is InChI=1S/C16H14BrCl2NO/c1-10(12-5-3-4-6-15(12)19)20(2)16(21)13-8-7-11(18)9-14(13)17/h3-10H,1-2H3. The van der Waals surface area contributed by atoms with E-state index in [4.69, 9.17) is 23.2 Å². The Bertz CT molecular complexity index is 675. The molecule has 0 fully saturated rings. The molecular weight excluding hydrogens is 373 g/mol. The van der Waals surface area contributed by atoms with Crippen LogP contribution in [0.1, 0.15) is 28.9 Å². The highest BCUT2D eigenvalue weighted by atomic mass is 79.9. The molecule has 21 heavy (non-hydrogen) atoms. The molecule has 110 valence electrons. The van der Waals surface area contributed by atoms with Crippen molar-refractivity contribution in [3.8, 4) is 0 Å². The van der Waals surface area contributed by atoms with Crippen LogP contribution in [0.15, 0.2) is 46.9 Å². The lowest BCUT2D eigenvalue weighted by molar-refractivity contribution is 0.0742. The zero-order valence-corrected chi connectivity index (χ0v) is 14.7. The van der Waals surface area contributed by atoms with Crippen molar-refractivity contribution in [2.45, 2.75) is 13.0 Å². The molecule has 0 aliphatic carbocycles. The van der Waals surface area contributed by atoms with Gasteiger partial charge in [-0.1, -0.05) is 41.4 Å². The van der Waals surface area contributed by atoms with E-state index in [0.29, 0.717) is 20.1 Å². The predicted octanol–water partition coefficient (Wildman–Crippen LogP) is 5.59. The van der Waals surface area contributed by atoms with Gasteiger partial charge in [-0.3, -0.25) is 4.79 Å². The molecule has 0 aliphatic heterocycles. The Hall–Kier alpha value is -1.03. The highest BCUT2D eigenvalue weighted by molar-refractivity contribution is 9.10. The van der Waals surface area contributed by atoms with Crippen LogP contribution in [0.2, 0.25) is 10.0 Å². The summed E-state index contributed by atoms with van der Waals surface area (Å²) in [6, 6.07) is 12.5. The van der Waals surface area contributed by atoms with Gasteiger partial charge >= 0.3 is 0 Å². The molecule has 0 saturated heterocycles. The summed E-state index contributed by atoms with van der Waals surface area (Å²) in [7, 11) is 1.76. The van der Waals surface area contributed by atoms with Crippen molar-refractivity contribution in [3.05, 3.63) is 68.1 Å². The van der Waals surface area contributed by atoms with Crippen LogP contribution in [0, 0.1) is 0 Å². The largest absolute Gasteiger partial charge is 0.335 e. The van der Waals surface area contributed by atoms with Crippen LogP contribution < -0.4 is 0 Å². The van der Waals surface area contributed by atoms with E-state index >= 15 is 0 Å². The highest BCUT2D eigenvalue weighted by Gasteiger charge is 2.22. The summed E-state index contributed by atoms with van der Waals surface area (Å²) in [5.41, 5.74) is 1.49. The van der Waals surface area contributed by atoms with Crippen molar-refractivity contribution < 1.29 is 4.79 Å². The van der Waals surface area contributed by atoms with E-state index in [1.807, 2.05) is 31.2 Å². The monoisotopic (exact) mass is 385 g/mol. The summed E-state index contributed by atoms with van der Waals surface area (Å²) in [5, 5.41) is 1.24. The first-order valence-electron chi connectivity index (χ1n) is 6.38. The second kappa shape index (κ2) is 6.82. The fourth-order valence-corrected chi connectivity index (χ4v) is 3.20. The van der Waals surface area contributed by atoms with Crippen LogP contribution in [0.5, 0.6) is 0 Å². The van der Waals surface area contributed by atoms with Crippen LogP contribution in [-0.2, 0) is 0 Å². The first kappa shape index (κ1) is 16.3. The van der Waals surface area contributed by atoms with Crippen LogP contribution in [0.4, 0.5) is 0 Å². The lowest BCUT2D eigenvalue weighted by atomic mass is 10.1. The van der Waals surface area contributed by atoms with Crippen molar-refractivity contribution in [1.82, 2.24) is 4.90 Å². The molecule has 0 bridgehead atoms. The smallest absolute Gasteiger partial charge is 0.255 e. The second-order valence-corrected chi connectivity index (χ2v) is 6.44. The van der Waals surface area contributed by atoms with E-state index in [1.54, 1.807) is 30.1 Å². The zero-order chi connectivity index (χ0) is 15.6. The first-order chi connectivity index (χ1) is 9.91. The molecule has 0 heterocycles. The number of hydrogen-bond acceptors (Lipinski definition) is 1. The molecule has 1 unspecified atom stereocenters. The van der Waals surface area contributed by atoms with E-state index in [1.165, 1.54) is 0 Å². The third-order valence-corrected chi connectivity index (χ3v) is 4.65. The van der Waals surface area contributed by atoms with E-state index in [0.717, 1.165) is 5.56 Å². The first-order valence-corrected chi connectivity index (χ1v) is 7.93. The summed E-state index contributed by atoms with van der Waals surface area (Å²) >= 11 is 15.5. The average molecular weight is 387 g/mol. The number of hydrogen-bond donors (Lipinski definition) is 0. The maximum atomic E-state index is 12.6. The zero-order valence-electron chi connectivity index (χ0n) is 11.6. The number of carbonyl (C=O) groups is 1. The van der Waals surface area contributed by atoms with Crippen LogP contribution in [0.25, 0.3) is 0 Å². The molecule has 2 nitrogen and oxygen atoms in total. The van der Waals surface area contributed by atoms with Gasteiger partial charge in [0.15, 0.2) is 0 Å². The van der Waals surface area contributed by atoms with Gasteiger partial charge in [0.2, 0.25) is 0 Å². The van der Waals surface area contributed by atoms with Crippen molar-refractivity contribution in [1.29, 1.82) is 0 Å². The average Bonchev–Trinajstić information content (AvgIpc) is 2.45. The van der Waals surface area contributed by atoms with Gasteiger partial charge in [0.05, 0.1) is 11.6 Å². The molecular formula is C16H14BrCl2NO. The van der Waals surface area contributed by atoms with Crippen molar-refractivity contribution in [2.75, 3.05) is 7.05 Å². The number of nitrogens with zero attached hydrogens (tertiary/aromatic N) is 1. The molecule has 0 saturated carbocycles. The van der Waals surface area contributed by atoms with Crippen molar-refractivity contribution >= 4 is 45.0 Å². The molecule has 0 N–H and O–H groups in total. The van der Waals surface area contributed by atoms with E-state index in [-0.39, 0.29) is 11.9 Å². The minimum Gasteiger partial charge on any atom is -0.335 e. The summed E-state index contributed by atoms with van der Waals surface area (Å²) < 4.78 is 0.679. The van der Waals surface area contributed by atoms with E-state index in [2.05, 4.69) is 15.9 Å². The second-order valence-electron chi connectivity index (χ2n) is 4.74. The third kappa shape index (κ3) is 3.60. The van der Waals surface area contributed by atoms with Gasteiger partial charge in [0.25, 0.3) is 5.91 Å². The van der Waals surface area contributed by atoms with Gasteiger partial charge in [0, 0.05) is 21.6 Å². The van der Waals surface area contributed by atoms with Gasteiger partial charge in [-0.2, -0.15) is 0 Å². The van der Waals surface area contributed by atoms with Gasteiger partial charge < -0.3 is 4.90 Å². The molecule has 2 aromatic rings. The lowest BCUT2D eigenvalue weighted by Gasteiger charge is -2.26. The minimum absolute atomic E-state index is 0.0917. The van der Waals surface area contributed by atoms with Crippen LogP contribution in [0.3, 0.4) is 0 Å². The Labute approximate surface area is 142 Å². The maximum absolute atomic E-state index is 12.6. The number of halogens is 3. The molecule has 1 atom stereocenters. The summed E-state index contributed by atoms with van der Waals surface area (Å²) in [6.07, 6.45) is 0. The number of carbonyl (C=O) groups excluding carboxylic acids is 1. The molecule has 1 amide bonds. The Kier molecular flexibility index (Phi) is 5.31. The third-order valence-electron chi connectivity index (χ3n) is 3.42. The highest BCUT2D eigenvalue weighted by Crippen LogP contribution is 2.29. The Morgan fingerprint density at radius 3 is 2.48 bits per heavy atom. The van der Waals surface area contributed by atoms with Crippen molar-refractivity contribution in [3.63, 3.8) is 0 Å². The quantitative estimate of drug-likeness (QED) is 0.673. The minimum atomic E-state index is -0.131. The maximum Gasteiger partial charge on any atom is 0.255 e. The SMILES string of the molecule is CC(c1ccccc1Cl)N(C)C(=O)c1ccc(Cl)cc1Br. The number of benzene rings is 2. The topological polar surface area (TPSA) is 20.3 Å². The fraction of sp³-hybridized carbons (Fsp3) is 0.188. The fourth-order valence-electron chi connectivity index (χ4n) is 2.05. The Morgan fingerprint density at radius 2 is 1.86 bits per heavy atom. The Balaban J connectivity index is 2.29. The van der Waals surface area contributed by atoms with Crippen molar-refractivity contribution in [2.24, 2.45) is 0 Å². The lowest BCUT2D eigenvalue weighted by Crippen LogP contribution is -2.30. The molecule has 5 heteroatoms. The van der Waals surface area contributed by atoms with Crippen LogP contribution in [-0.4, -0.2) is 17.9 Å². The summed E-state index contributed by atoms with van der Waals surface area (Å²) in [4.78, 5) is 14.3. The van der Waals surface area contributed by atoms with Gasteiger partial charge in [-0.25, -0.2) is 0 Å². The predicted molar refractivity (Wildman–Crippen MR) is 91.1 cm³/mol. The molecule has 0 radical (unpaired) electrons. The molecule has 0 spiro atoms. The summed E-state index contributed by atoms with van der Waals surface area (Å²) in [6.45, 7) is 1.95. The van der Waals surface area contributed by atoms with Gasteiger partial charge in [0.1, 0.15) is 0 Å². The van der Waals surface area contributed by atoms with E-state index in [9.17, 15) is 4.79 Å². The normalized spacial score (nSPS) is 12.0. The number of rotatable bonds is 3. The number of amides is 1.